The molecule has 1 aliphatic rings. The number of rotatable bonds is 4. The summed E-state index contributed by atoms with van der Waals surface area (Å²) in [5.74, 6) is -1.23. The quantitative estimate of drug-likeness (QED) is 0.858. The van der Waals surface area contributed by atoms with Crippen molar-refractivity contribution >= 4 is 0 Å². The molecule has 1 heterocycles. The fraction of sp³-hybridized carbons (Fsp3) is 0.600. The largest absolute Gasteiger partial charge is 0.419 e. The molecule has 124 valence electrons. The van der Waals surface area contributed by atoms with Crippen LogP contribution in [0.5, 0.6) is 0 Å². The van der Waals surface area contributed by atoms with E-state index in [1.54, 1.807) is 0 Å². The van der Waals surface area contributed by atoms with Crippen LogP contribution in [0, 0.1) is 5.82 Å². The monoisotopic (exact) mass is 319 g/mol. The summed E-state index contributed by atoms with van der Waals surface area (Å²) in [6, 6.07) is 3.45. The summed E-state index contributed by atoms with van der Waals surface area (Å²) in [6.45, 7) is 3.87. The van der Waals surface area contributed by atoms with Crippen molar-refractivity contribution < 1.29 is 17.6 Å². The van der Waals surface area contributed by atoms with Gasteiger partial charge in [0, 0.05) is 38.8 Å². The molecule has 22 heavy (non-hydrogen) atoms. The molecule has 0 radical (unpaired) electrons. The van der Waals surface area contributed by atoms with E-state index in [1.807, 2.05) is 7.05 Å². The average molecular weight is 319 g/mol. The zero-order valence-corrected chi connectivity index (χ0v) is 12.8. The maximum absolute atomic E-state index is 13.2. The third kappa shape index (κ3) is 4.41. The second-order valence-corrected chi connectivity index (χ2v) is 5.84. The second kappa shape index (κ2) is 6.93. The van der Waals surface area contributed by atoms with Crippen LogP contribution in [-0.2, 0) is 12.7 Å². The first-order valence-corrected chi connectivity index (χ1v) is 7.22. The van der Waals surface area contributed by atoms with E-state index in [0.717, 1.165) is 31.8 Å². The lowest BCUT2D eigenvalue weighted by Gasteiger charge is -2.37. The predicted molar refractivity (Wildman–Crippen MR) is 77.0 cm³/mol. The molecule has 7 heteroatoms. The average Bonchev–Trinajstić information content (AvgIpc) is 2.43. The number of halogens is 4. The van der Waals surface area contributed by atoms with Crippen LogP contribution >= 0.6 is 0 Å². The summed E-state index contributed by atoms with van der Waals surface area (Å²) in [4.78, 5) is 4.46. The highest BCUT2D eigenvalue weighted by Crippen LogP contribution is 2.31. The zero-order chi connectivity index (χ0) is 16.3. The number of hydrogen-bond acceptors (Lipinski definition) is 3. The van der Waals surface area contributed by atoms with Gasteiger partial charge in [0.05, 0.1) is 5.56 Å². The summed E-state index contributed by atoms with van der Waals surface area (Å²) in [5.41, 5.74) is -0.776. The Morgan fingerprint density at radius 2 is 1.95 bits per heavy atom. The van der Waals surface area contributed by atoms with Crippen LogP contribution in [0.1, 0.15) is 11.1 Å². The van der Waals surface area contributed by atoms with Crippen molar-refractivity contribution in [1.82, 2.24) is 15.1 Å². The van der Waals surface area contributed by atoms with E-state index in [9.17, 15) is 17.6 Å². The van der Waals surface area contributed by atoms with E-state index in [1.165, 1.54) is 6.07 Å². The first-order chi connectivity index (χ1) is 10.3. The second-order valence-electron chi connectivity index (χ2n) is 5.84. The van der Waals surface area contributed by atoms with Crippen LogP contribution in [0.15, 0.2) is 18.2 Å². The lowest BCUT2D eigenvalue weighted by Crippen LogP contribution is -2.53. The van der Waals surface area contributed by atoms with Gasteiger partial charge in [-0.2, -0.15) is 13.2 Å². The van der Waals surface area contributed by atoms with Crippen molar-refractivity contribution in [3.05, 3.63) is 35.1 Å². The van der Waals surface area contributed by atoms with Crippen LogP contribution in [0.4, 0.5) is 17.6 Å². The third-order valence-corrected chi connectivity index (χ3v) is 4.03. The molecule has 1 unspecified atom stereocenters. The lowest BCUT2D eigenvalue weighted by atomic mass is 10.1. The topological polar surface area (TPSA) is 18.5 Å². The molecule has 2 rings (SSSR count). The van der Waals surface area contributed by atoms with Gasteiger partial charge in [0.15, 0.2) is 0 Å². The van der Waals surface area contributed by atoms with Crippen molar-refractivity contribution in [2.24, 2.45) is 0 Å². The Morgan fingerprint density at radius 3 is 2.64 bits per heavy atom. The highest BCUT2D eigenvalue weighted by atomic mass is 19.4. The van der Waals surface area contributed by atoms with Gasteiger partial charge in [0.25, 0.3) is 0 Å². The summed E-state index contributed by atoms with van der Waals surface area (Å²) < 4.78 is 51.2. The maximum atomic E-state index is 13.2. The predicted octanol–water partition coefficient (Wildman–Crippen LogP) is 2.18. The van der Waals surface area contributed by atoms with Crippen molar-refractivity contribution in [1.29, 1.82) is 0 Å². The van der Waals surface area contributed by atoms with Gasteiger partial charge in [-0.3, -0.25) is 4.90 Å². The number of nitrogens with one attached hydrogen (secondary N) is 1. The van der Waals surface area contributed by atoms with E-state index >= 15 is 0 Å². The van der Waals surface area contributed by atoms with Gasteiger partial charge in [0.2, 0.25) is 0 Å². The Labute approximate surface area is 127 Å². The lowest BCUT2D eigenvalue weighted by molar-refractivity contribution is -0.140. The number of nitrogens with zero attached hydrogens (tertiary/aromatic N) is 2. The molecule has 0 amide bonds. The van der Waals surface area contributed by atoms with E-state index in [4.69, 9.17) is 0 Å². The first-order valence-electron chi connectivity index (χ1n) is 7.22. The van der Waals surface area contributed by atoms with Crippen molar-refractivity contribution in [2.45, 2.75) is 18.8 Å². The molecule has 0 saturated carbocycles. The molecular formula is C15H21F4N3. The minimum atomic E-state index is -4.66. The normalized spacial score (nSPS) is 21.3. The molecule has 1 aromatic carbocycles. The Kier molecular flexibility index (Phi) is 5.41. The molecule has 1 aromatic rings. The molecule has 1 fully saturated rings. The van der Waals surface area contributed by atoms with Gasteiger partial charge in [-0.25, -0.2) is 4.39 Å². The van der Waals surface area contributed by atoms with E-state index < -0.39 is 17.6 Å². The molecule has 0 aliphatic carbocycles. The molecule has 1 atom stereocenters. The van der Waals surface area contributed by atoms with Crippen LogP contribution < -0.4 is 5.32 Å². The Morgan fingerprint density at radius 1 is 1.23 bits per heavy atom. The Bertz CT molecular complexity index is 504. The van der Waals surface area contributed by atoms with Crippen LogP contribution in [0.3, 0.4) is 0 Å². The number of benzene rings is 1. The molecule has 1 saturated heterocycles. The van der Waals surface area contributed by atoms with Crippen molar-refractivity contribution in [3.8, 4) is 0 Å². The Hall–Kier alpha value is -1.18. The van der Waals surface area contributed by atoms with Gasteiger partial charge in [0.1, 0.15) is 5.82 Å². The summed E-state index contributed by atoms with van der Waals surface area (Å²) in [5, 5.41) is 3.16. The van der Waals surface area contributed by atoms with Gasteiger partial charge >= 0.3 is 6.18 Å². The SMILES string of the molecule is CN1CCN(C)C(CNCc2ccc(F)c(C(F)(F)F)c2)C1. The molecule has 1 aliphatic heterocycles. The van der Waals surface area contributed by atoms with E-state index in [2.05, 4.69) is 22.2 Å². The highest BCUT2D eigenvalue weighted by molar-refractivity contribution is 5.27. The minimum absolute atomic E-state index is 0.289. The molecule has 1 N–H and O–H groups in total. The fourth-order valence-corrected chi connectivity index (χ4v) is 2.60. The minimum Gasteiger partial charge on any atom is -0.311 e. The Balaban J connectivity index is 1.92. The third-order valence-electron chi connectivity index (χ3n) is 4.03. The highest BCUT2D eigenvalue weighted by Gasteiger charge is 2.34. The van der Waals surface area contributed by atoms with Gasteiger partial charge < -0.3 is 10.2 Å². The van der Waals surface area contributed by atoms with Crippen molar-refractivity contribution in [2.75, 3.05) is 40.3 Å². The van der Waals surface area contributed by atoms with Gasteiger partial charge in [-0.1, -0.05) is 6.07 Å². The molecule has 3 nitrogen and oxygen atoms in total. The van der Waals surface area contributed by atoms with E-state index in [-0.39, 0.29) is 6.54 Å². The molecular weight excluding hydrogens is 298 g/mol. The van der Waals surface area contributed by atoms with Gasteiger partial charge in [-0.15, -0.1) is 0 Å². The van der Waals surface area contributed by atoms with Crippen LogP contribution in [0.25, 0.3) is 0 Å². The number of piperazine rings is 1. The zero-order valence-electron chi connectivity index (χ0n) is 12.8. The molecule has 0 spiro atoms. The van der Waals surface area contributed by atoms with E-state index in [0.29, 0.717) is 18.2 Å². The number of alkyl halides is 3. The number of hydrogen-bond donors (Lipinski definition) is 1. The first kappa shape index (κ1) is 17.2. The number of likely N-dealkylation sites (N-methyl/N-ethyl adjacent to an activating group) is 2. The molecule has 0 aromatic heterocycles. The van der Waals surface area contributed by atoms with Gasteiger partial charge in [-0.05, 0) is 31.8 Å². The summed E-state index contributed by atoms with van der Waals surface area (Å²) in [7, 11) is 4.09. The fourth-order valence-electron chi connectivity index (χ4n) is 2.60. The summed E-state index contributed by atoms with van der Waals surface area (Å²) >= 11 is 0. The summed E-state index contributed by atoms with van der Waals surface area (Å²) in [6.07, 6.45) is -4.66. The van der Waals surface area contributed by atoms with Crippen LogP contribution in [0.2, 0.25) is 0 Å². The smallest absolute Gasteiger partial charge is 0.311 e. The standard InChI is InChI=1S/C15H21F4N3/c1-21-5-6-22(2)12(10-21)9-20-8-11-3-4-14(16)13(7-11)15(17,18)19/h3-4,7,12,20H,5-6,8-10H2,1-2H3. The molecule has 0 bridgehead atoms. The maximum Gasteiger partial charge on any atom is 0.419 e. The van der Waals surface area contributed by atoms with Crippen LogP contribution in [-0.4, -0.2) is 56.1 Å². The van der Waals surface area contributed by atoms with Crippen molar-refractivity contribution in [3.63, 3.8) is 0 Å².